The van der Waals surface area contributed by atoms with Gasteiger partial charge < -0.3 is 14.5 Å². The Bertz CT molecular complexity index is 1150. The highest BCUT2D eigenvalue weighted by molar-refractivity contribution is 6.07. The molecule has 2 atom stereocenters. The van der Waals surface area contributed by atoms with E-state index in [0.29, 0.717) is 32.3 Å². The van der Waals surface area contributed by atoms with E-state index in [9.17, 15) is 9.59 Å². The summed E-state index contributed by atoms with van der Waals surface area (Å²) in [6, 6.07) is 21.2. The van der Waals surface area contributed by atoms with Crippen molar-refractivity contribution in [1.29, 1.82) is 0 Å². The van der Waals surface area contributed by atoms with Crippen molar-refractivity contribution in [1.82, 2.24) is 9.80 Å². The van der Waals surface area contributed by atoms with E-state index < -0.39 is 0 Å². The summed E-state index contributed by atoms with van der Waals surface area (Å²) >= 11 is 0. The Morgan fingerprint density at radius 1 is 0.875 bits per heavy atom. The summed E-state index contributed by atoms with van der Waals surface area (Å²) in [6.45, 7) is 8.56. The average molecular weight is 544 g/mol. The second kappa shape index (κ2) is 11.7. The zero-order valence-corrected chi connectivity index (χ0v) is 24.2. The van der Waals surface area contributed by atoms with Crippen LogP contribution in [0.4, 0.5) is 5.69 Å². The van der Waals surface area contributed by atoms with Gasteiger partial charge in [-0.25, -0.2) is 0 Å². The molecule has 1 aliphatic carbocycles. The Hall–Kier alpha value is -2.70. The highest BCUT2D eigenvalue weighted by Crippen LogP contribution is 2.52. The van der Waals surface area contributed by atoms with Gasteiger partial charge in [0.25, 0.3) is 0 Å². The summed E-state index contributed by atoms with van der Waals surface area (Å²) in [5, 5.41) is 0. The van der Waals surface area contributed by atoms with Crippen molar-refractivity contribution in [2.75, 3.05) is 37.7 Å². The molecule has 4 aliphatic rings. The molecule has 6 rings (SSSR count). The average Bonchev–Trinajstić information content (AvgIpc) is 3.44. The smallest absolute Gasteiger partial charge is 0.235 e. The molecule has 2 amide bonds. The molecule has 3 heterocycles. The Balaban J connectivity index is 1.15. The molecule has 0 bridgehead atoms. The number of rotatable bonds is 8. The van der Waals surface area contributed by atoms with E-state index in [1.165, 1.54) is 30.6 Å². The summed E-state index contributed by atoms with van der Waals surface area (Å²) in [5.74, 6) is 1.11. The maximum absolute atomic E-state index is 14.0. The third kappa shape index (κ3) is 5.09. The van der Waals surface area contributed by atoms with Gasteiger partial charge in [-0.1, -0.05) is 62.4 Å². The van der Waals surface area contributed by atoms with Crippen LogP contribution in [-0.4, -0.2) is 66.0 Å². The van der Waals surface area contributed by atoms with E-state index in [1.807, 2.05) is 36.4 Å². The van der Waals surface area contributed by atoms with Crippen LogP contribution >= 0.6 is 0 Å². The Labute approximate surface area is 239 Å². The fraction of sp³-hybridized carbons (Fsp3) is 0.588. The van der Waals surface area contributed by atoms with Gasteiger partial charge in [0, 0.05) is 31.4 Å². The number of anilines is 1. The van der Waals surface area contributed by atoms with Crippen LogP contribution in [0.1, 0.15) is 57.9 Å². The van der Waals surface area contributed by atoms with Crippen LogP contribution in [-0.2, 0) is 20.9 Å². The SMILES string of the molecule is CC(C)C1CCC(N2CCC3(CC2)C2C(=O)N(CCOCc4ccccc4)C(=O)C2CN3c2ccccc2)CC1. The van der Waals surface area contributed by atoms with Gasteiger partial charge in [0.1, 0.15) is 0 Å². The lowest BCUT2D eigenvalue weighted by atomic mass is 9.73. The molecular weight excluding hydrogens is 498 g/mol. The Morgan fingerprint density at radius 2 is 1.52 bits per heavy atom. The molecule has 214 valence electrons. The number of carbonyl (C=O) groups is 2. The van der Waals surface area contributed by atoms with Gasteiger partial charge in [-0.15, -0.1) is 0 Å². The fourth-order valence-corrected chi connectivity index (χ4v) is 8.23. The number of fused-ring (bicyclic) bond motifs is 2. The summed E-state index contributed by atoms with van der Waals surface area (Å²) in [4.78, 5) is 34.3. The van der Waals surface area contributed by atoms with Crippen LogP contribution < -0.4 is 4.90 Å². The van der Waals surface area contributed by atoms with Gasteiger partial charge in [-0.3, -0.25) is 14.5 Å². The van der Waals surface area contributed by atoms with Gasteiger partial charge in [0.05, 0.1) is 37.1 Å². The van der Waals surface area contributed by atoms with Gasteiger partial charge in [0.15, 0.2) is 0 Å². The topological polar surface area (TPSA) is 53.1 Å². The number of amides is 2. The van der Waals surface area contributed by atoms with Crippen LogP contribution in [0.2, 0.25) is 0 Å². The predicted molar refractivity (Wildman–Crippen MR) is 158 cm³/mol. The zero-order chi connectivity index (χ0) is 27.7. The molecule has 2 aromatic carbocycles. The summed E-state index contributed by atoms with van der Waals surface area (Å²) < 4.78 is 5.87. The van der Waals surface area contributed by atoms with Crippen molar-refractivity contribution in [3.63, 3.8) is 0 Å². The molecule has 6 nitrogen and oxygen atoms in total. The molecule has 2 aromatic rings. The Morgan fingerprint density at radius 3 is 2.17 bits per heavy atom. The first-order valence-corrected chi connectivity index (χ1v) is 15.5. The minimum absolute atomic E-state index is 0.00875. The molecule has 2 unspecified atom stereocenters. The van der Waals surface area contributed by atoms with Crippen molar-refractivity contribution >= 4 is 17.5 Å². The number of likely N-dealkylation sites (tertiary alicyclic amines) is 2. The first-order valence-electron chi connectivity index (χ1n) is 15.5. The summed E-state index contributed by atoms with van der Waals surface area (Å²) in [7, 11) is 0. The van der Waals surface area contributed by atoms with Crippen molar-refractivity contribution in [3.8, 4) is 0 Å². The number of nitrogens with zero attached hydrogens (tertiary/aromatic N) is 3. The monoisotopic (exact) mass is 543 g/mol. The number of hydrogen-bond acceptors (Lipinski definition) is 5. The number of para-hydroxylation sites is 1. The van der Waals surface area contributed by atoms with Crippen LogP contribution in [0.3, 0.4) is 0 Å². The second-order valence-electron chi connectivity index (χ2n) is 12.8. The van der Waals surface area contributed by atoms with Crippen molar-refractivity contribution < 1.29 is 14.3 Å². The number of carbonyl (C=O) groups excluding carboxylic acids is 2. The maximum Gasteiger partial charge on any atom is 0.235 e. The quantitative estimate of drug-likeness (QED) is 0.331. The standard InChI is InChI=1S/C34H45N3O3/c1-25(2)27-13-15-28(16-14-27)35-19-17-34(18-20-35)31-30(23-37(34)29-11-7-4-8-12-29)32(38)36(33(31)39)21-22-40-24-26-9-5-3-6-10-26/h3-12,25,27-28,30-31H,13-24H2,1-2H3. The molecule has 0 radical (unpaired) electrons. The molecule has 4 fully saturated rings. The predicted octanol–water partition coefficient (Wildman–Crippen LogP) is 5.37. The zero-order valence-electron chi connectivity index (χ0n) is 24.2. The van der Waals surface area contributed by atoms with Crippen molar-refractivity contribution in [2.45, 2.75) is 70.6 Å². The number of benzene rings is 2. The normalized spacial score (nSPS) is 28.6. The number of imide groups is 1. The minimum atomic E-state index is -0.302. The van der Waals surface area contributed by atoms with E-state index in [4.69, 9.17) is 4.74 Å². The highest BCUT2D eigenvalue weighted by Gasteiger charge is 2.65. The third-order valence-corrected chi connectivity index (χ3v) is 10.5. The lowest BCUT2D eigenvalue weighted by Gasteiger charge is -2.50. The Kier molecular flexibility index (Phi) is 8.00. The molecule has 1 spiro atoms. The molecule has 6 heteroatoms. The van der Waals surface area contributed by atoms with Gasteiger partial charge in [-0.05, 0) is 68.1 Å². The molecule has 40 heavy (non-hydrogen) atoms. The van der Waals surface area contributed by atoms with Crippen LogP contribution in [0.5, 0.6) is 0 Å². The number of piperidine rings is 1. The van der Waals surface area contributed by atoms with Gasteiger partial charge in [-0.2, -0.15) is 0 Å². The van der Waals surface area contributed by atoms with E-state index in [2.05, 4.69) is 47.9 Å². The van der Waals surface area contributed by atoms with E-state index in [-0.39, 0.29) is 29.2 Å². The highest BCUT2D eigenvalue weighted by atomic mass is 16.5. The van der Waals surface area contributed by atoms with Crippen LogP contribution in [0, 0.1) is 23.7 Å². The van der Waals surface area contributed by atoms with Crippen molar-refractivity contribution in [3.05, 3.63) is 66.2 Å². The maximum atomic E-state index is 14.0. The van der Waals surface area contributed by atoms with Gasteiger partial charge in [0.2, 0.25) is 11.8 Å². The second-order valence-corrected chi connectivity index (χ2v) is 12.8. The molecule has 3 saturated heterocycles. The largest absolute Gasteiger partial charge is 0.375 e. The molecule has 3 aliphatic heterocycles. The van der Waals surface area contributed by atoms with E-state index >= 15 is 0 Å². The first-order chi connectivity index (χ1) is 19.5. The lowest BCUT2D eigenvalue weighted by molar-refractivity contribution is -0.141. The minimum Gasteiger partial charge on any atom is -0.375 e. The number of ether oxygens (including phenoxy) is 1. The van der Waals surface area contributed by atoms with Crippen molar-refractivity contribution in [2.24, 2.45) is 23.7 Å². The van der Waals surface area contributed by atoms with E-state index in [1.54, 1.807) is 0 Å². The third-order valence-electron chi connectivity index (χ3n) is 10.5. The first kappa shape index (κ1) is 27.5. The van der Waals surface area contributed by atoms with Crippen LogP contribution in [0.15, 0.2) is 60.7 Å². The fourth-order valence-electron chi connectivity index (χ4n) is 8.23. The van der Waals surface area contributed by atoms with E-state index in [0.717, 1.165) is 49.0 Å². The summed E-state index contributed by atoms with van der Waals surface area (Å²) in [5.41, 5.74) is 1.94. The summed E-state index contributed by atoms with van der Waals surface area (Å²) in [6.07, 6.45) is 7.12. The lowest BCUT2D eigenvalue weighted by Crippen LogP contribution is -2.59. The number of hydrogen-bond donors (Lipinski definition) is 0. The molecule has 0 aromatic heterocycles. The molecule has 1 saturated carbocycles. The molecule has 0 N–H and O–H groups in total. The van der Waals surface area contributed by atoms with Crippen LogP contribution in [0.25, 0.3) is 0 Å². The van der Waals surface area contributed by atoms with Gasteiger partial charge >= 0.3 is 0 Å². The molecular formula is C34H45N3O3.